The molecule has 0 spiro atoms. The van der Waals surface area contributed by atoms with Crippen molar-refractivity contribution < 1.29 is 0 Å². The SMILES string of the molecule is CCN1Cc2ccccc2CN1CC. The third kappa shape index (κ3) is 1.68. The second kappa shape index (κ2) is 4.11. The van der Waals surface area contributed by atoms with E-state index in [0.29, 0.717) is 0 Å². The zero-order valence-corrected chi connectivity index (χ0v) is 9.03. The molecule has 2 rings (SSSR count). The van der Waals surface area contributed by atoms with E-state index in [2.05, 4.69) is 48.1 Å². The van der Waals surface area contributed by atoms with E-state index in [-0.39, 0.29) is 0 Å². The molecule has 0 atom stereocenters. The standard InChI is InChI=1S/C12H18N2/c1-3-13-9-11-7-5-6-8-12(11)10-14(13)4-2/h5-8H,3-4,9-10H2,1-2H3. The lowest BCUT2D eigenvalue weighted by molar-refractivity contribution is -0.0436. The van der Waals surface area contributed by atoms with Gasteiger partial charge in [0.15, 0.2) is 0 Å². The molecule has 76 valence electrons. The van der Waals surface area contributed by atoms with Gasteiger partial charge < -0.3 is 0 Å². The summed E-state index contributed by atoms with van der Waals surface area (Å²) in [5, 5.41) is 4.84. The summed E-state index contributed by atoms with van der Waals surface area (Å²) in [4.78, 5) is 0. The molecule has 1 aliphatic rings. The van der Waals surface area contributed by atoms with E-state index in [4.69, 9.17) is 0 Å². The van der Waals surface area contributed by atoms with E-state index in [0.717, 1.165) is 26.2 Å². The summed E-state index contributed by atoms with van der Waals surface area (Å²) in [6.07, 6.45) is 0. The first-order valence-corrected chi connectivity index (χ1v) is 5.41. The maximum absolute atomic E-state index is 2.42. The average molecular weight is 190 g/mol. The molecule has 1 heterocycles. The first-order chi connectivity index (χ1) is 6.85. The van der Waals surface area contributed by atoms with Crippen LogP contribution in [-0.2, 0) is 13.1 Å². The van der Waals surface area contributed by atoms with Crippen LogP contribution in [0.3, 0.4) is 0 Å². The van der Waals surface area contributed by atoms with Crippen LogP contribution in [0.5, 0.6) is 0 Å². The van der Waals surface area contributed by atoms with Crippen LogP contribution in [-0.4, -0.2) is 23.1 Å². The van der Waals surface area contributed by atoms with Gasteiger partial charge in [-0.15, -0.1) is 0 Å². The lowest BCUT2D eigenvalue weighted by atomic mass is 10.1. The fourth-order valence-electron chi connectivity index (χ4n) is 2.08. The Balaban J connectivity index is 2.25. The predicted octanol–water partition coefficient (Wildman–Crippen LogP) is 2.26. The van der Waals surface area contributed by atoms with Crippen molar-refractivity contribution in [2.75, 3.05) is 13.1 Å². The van der Waals surface area contributed by atoms with E-state index in [9.17, 15) is 0 Å². The van der Waals surface area contributed by atoms with Gasteiger partial charge in [0.2, 0.25) is 0 Å². The van der Waals surface area contributed by atoms with Gasteiger partial charge in [-0.3, -0.25) is 0 Å². The molecule has 0 bridgehead atoms. The van der Waals surface area contributed by atoms with E-state index >= 15 is 0 Å². The molecular formula is C12H18N2. The molecule has 14 heavy (non-hydrogen) atoms. The predicted molar refractivity (Wildman–Crippen MR) is 58.6 cm³/mol. The summed E-state index contributed by atoms with van der Waals surface area (Å²) in [5.41, 5.74) is 2.97. The molecule has 0 saturated carbocycles. The van der Waals surface area contributed by atoms with E-state index in [1.54, 1.807) is 0 Å². The normalized spacial score (nSPS) is 18.1. The highest BCUT2D eigenvalue weighted by Crippen LogP contribution is 2.21. The zero-order valence-electron chi connectivity index (χ0n) is 9.03. The van der Waals surface area contributed by atoms with Crippen LogP contribution in [0.1, 0.15) is 25.0 Å². The molecule has 1 aromatic rings. The summed E-state index contributed by atoms with van der Waals surface area (Å²) in [6, 6.07) is 8.75. The van der Waals surface area contributed by atoms with E-state index in [1.807, 2.05) is 0 Å². The summed E-state index contributed by atoms with van der Waals surface area (Å²) in [6.45, 7) is 8.78. The minimum Gasteiger partial charge on any atom is -0.237 e. The van der Waals surface area contributed by atoms with Crippen LogP contribution in [0.15, 0.2) is 24.3 Å². The third-order valence-electron chi connectivity index (χ3n) is 2.95. The maximum atomic E-state index is 2.42. The van der Waals surface area contributed by atoms with Gasteiger partial charge in [-0.05, 0) is 11.1 Å². The van der Waals surface area contributed by atoms with Gasteiger partial charge in [-0.2, -0.15) is 0 Å². The smallest absolute Gasteiger partial charge is 0.0387 e. The van der Waals surface area contributed by atoms with Crippen LogP contribution < -0.4 is 0 Å². The summed E-state index contributed by atoms with van der Waals surface area (Å²) in [5.74, 6) is 0. The molecule has 0 unspecified atom stereocenters. The fourth-order valence-corrected chi connectivity index (χ4v) is 2.08. The molecular weight excluding hydrogens is 172 g/mol. The molecule has 0 fully saturated rings. The highest BCUT2D eigenvalue weighted by molar-refractivity contribution is 5.28. The van der Waals surface area contributed by atoms with Crippen molar-refractivity contribution in [3.8, 4) is 0 Å². The highest BCUT2D eigenvalue weighted by atomic mass is 15.6. The van der Waals surface area contributed by atoms with Gasteiger partial charge >= 0.3 is 0 Å². The molecule has 1 aromatic carbocycles. The summed E-state index contributed by atoms with van der Waals surface area (Å²) < 4.78 is 0. The van der Waals surface area contributed by atoms with Gasteiger partial charge in [0, 0.05) is 26.2 Å². The van der Waals surface area contributed by atoms with Crippen LogP contribution >= 0.6 is 0 Å². The van der Waals surface area contributed by atoms with Crippen LogP contribution in [0.4, 0.5) is 0 Å². The Labute approximate surface area is 86.1 Å². The zero-order chi connectivity index (χ0) is 9.97. The number of hydrazine groups is 1. The third-order valence-corrected chi connectivity index (χ3v) is 2.95. The fraction of sp³-hybridized carbons (Fsp3) is 0.500. The monoisotopic (exact) mass is 190 g/mol. The molecule has 1 aliphatic heterocycles. The Morgan fingerprint density at radius 1 is 0.929 bits per heavy atom. The molecule has 0 amide bonds. The Bertz CT molecular complexity index is 278. The van der Waals surface area contributed by atoms with Crippen molar-refractivity contribution in [1.29, 1.82) is 0 Å². The van der Waals surface area contributed by atoms with Crippen molar-refractivity contribution in [3.63, 3.8) is 0 Å². The first-order valence-electron chi connectivity index (χ1n) is 5.41. The van der Waals surface area contributed by atoms with Gasteiger partial charge in [0.05, 0.1) is 0 Å². The van der Waals surface area contributed by atoms with Crippen LogP contribution in [0.25, 0.3) is 0 Å². The lowest BCUT2D eigenvalue weighted by Crippen LogP contribution is -2.44. The van der Waals surface area contributed by atoms with E-state index < -0.39 is 0 Å². The lowest BCUT2D eigenvalue weighted by Gasteiger charge is -2.38. The number of fused-ring (bicyclic) bond motifs is 1. The molecule has 0 N–H and O–H groups in total. The molecule has 0 radical (unpaired) electrons. The quantitative estimate of drug-likeness (QED) is 0.706. The van der Waals surface area contributed by atoms with Crippen molar-refractivity contribution in [3.05, 3.63) is 35.4 Å². The Morgan fingerprint density at radius 2 is 1.36 bits per heavy atom. The highest BCUT2D eigenvalue weighted by Gasteiger charge is 2.20. The Morgan fingerprint density at radius 3 is 1.71 bits per heavy atom. The number of hydrogen-bond donors (Lipinski definition) is 0. The van der Waals surface area contributed by atoms with Gasteiger partial charge in [0.1, 0.15) is 0 Å². The summed E-state index contributed by atoms with van der Waals surface area (Å²) >= 11 is 0. The number of rotatable bonds is 2. The number of benzene rings is 1. The van der Waals surface area contributed by atoms with E-state index in [1.165, 1.54) is 11.1 Å². The second-order valence-electron chi connectivity index (χ2n) is 3.73. The largest absolute Gasteiger partial charge is 0.237 e. The topological polar surface area (TPSA) is 6.48 Å². The van der Waals surface area contributed by atoms with Crippen LogP contribution in [0, 0.1) is 0 Å². The Hall–Kier alpha value is -0.860. The van der Waals surface area contributed by atoms with Gasteiger partial charge in [0.25, 0.3) is 0 Å². The molecule has 0 saturated heterocycles. The second-order valence-corrected chi connectivity index (χ2v) is 3.73. The van der Waals surface area contributed by atoms with Gasteiger partial charge in [-0.1, -0.05) is 38.1 Å². The van der Waals surface area contributed by atoms with Crippen molar-refractivity contribution in [2.45, 2.75) is 26.9 Å². The van der Waals surface area contributed by atoms with Crippen molar-refractivity contribution >= 4 is 0 Å². The average Bonchev–Trinajstić information content (AvgIpc) is 2.27. The van der Waals surface area contributed by atoms with Gasteiger partial charge in [-0.25, -0.2) is 10.0 Å². The first kappa shape index (κ1) is 9.69. The molecule has 2 nitrogen and oxygen atoms in total. The number of nitrogens with zero attached hydrogens (tertiary/aromatic N) is 2. The number of hydrogen-bond acceptors (Lipinski definition) is 2. The molecule has 0 aliphatic carbocycles. The minimum atomic E-state index is 1.07. The minimum absolute atomic E-state index is 1.07. The maximum Gasteiger partial charge on any atom is 0.0387 e. The van der Waals surface area contributed by atoms with Crippen molar-refractivity contribution in [1.82, 2.24) is 10.0 Å². The molecule has 2 heteroatoms. The van der Waals surface area contributed by atoms with Crippen molar-refractivity contribution in [2.24, 2.45) is 0 Å². The molecule has 0 aromatic heterocycles. The summed E-state index contributed by atoms with van der Waals surface area (Å²) in [7, 11) is 0. The Kier molecular flexibility index (Phi) is 2.85. The van der Waals surface area contributed by atoms with Crippen LogP contribution in [0.2, 0.25) is 0 Å².